The molecule has 0 saturated heterocycles. The molecule has 83 heavy (non-hydrogen) atoms. The molecule has 13 nitrogen and oxygen atoms in total. The van der Waals surface area contributed by atoms with Crippen LogP contribution >= 0.6 is 50.1 Å². The third kappa shape index (κ3) is 30.1. The first-order valence-corrected chi connectivity index (χ1v) is 25.4. The van der Waals surface area contributed by atoms with Crippen molar-refractivity contribution >= 4 is 100 Å². The van der Waals surface area contributed by atoms with Crippen LogP contribution in [0.1, 0.15) is 99.6 Å². The van der Waals surface area contributed by atoms with E-state index in [1.165, 1.54) is 32.2 Å². The van der Waals surface area contributed by atoms with Gasteiger partial charge in [0.15, 0.2) is 17.5 Å². The Morgan fingerprint density at radius 3 is 1.25 bits per heavy atom. The molecule has 0 bridgehead atoms. The van der Waals surface area contributed by atoms with Crippen LogP contribution in [-0.2, 0) is 12.8 Å². The minimum absolute atomic E-state index is 0.0484. The number of phenols is 2. The van der Waals surface area contributed by atoms with Gasteiger partial charge in [-0.2, -0.15) is 13.2 Å². The van der Waals surface area contributed by atoms with E-state index in [0.29, 0.717) is 68.9 Å². The number of phenolic OH excluding ortho intramolecular Hbond substituents is 2. The molecule has 8 aromatic carbocycles. The number of rotatable bonds is 11. The second-order valence-corrected chi connectivity index (χ2v) is 18.5. The van der Waals surface area contributed by atoms with E-state index in [0.717, 1.165) is 69.0 Å². The van der Waals surface area contributed by atoms with Gasteiger partial charge in [-0.1, -0.05) is 63.9 Å². The van der Waals surface area contributed by atoms with Gasteiger partial charge in [0.1, 0.15) is 73.3 Å². The minimum atomic E-state index is -4.39. The zero-order valence-corrected chi connectivity index (χ0v) is 48.2. The third-order valence-corrected chi connectivity index (χ3v) is 11.1. The number of halogens is 9. The van der Waals surface area contributed by atoms with E-state index in [1.54, 1.807) is 98.1 Å². The fourth-order valence-electron chi connectivity index (χ4n) is 5.64. The summed E-state index contributed by atoms with van der Waals surface area (Å²) in [4.78, 5) is 81.2. The van der Waals surface area contributed by atoms with Crippen molar-refractivity contribution in [1.82, 2.24) is 0 Å². The number of aliphatic hydroxyl groups is 1. The van der Waals surface area contributed by atoms with Gasteiger partial charge in [0.25, 0.3) is 0 Å². The number of aromatic hydroxyl groups is 2. The lowest BCUT2D eigenvalue weighted by Gasteiger charge is -2.07. The lowest BCUT2D eigenvalue weighted by molar-refractivity contribution is -0.137. The zero-order chi connectivity index (χ0) is 62.5. The van der Waals surface area contributed by atoms with Crippen LogP contribution < -0.4 is 9.47 Å². The number of methoxy groups -OCH3 is 2. The summed E-state index contributed by atoms with van der Waals surface area (Å²) in [6.45, 7) is 1.43. The van der Waals surface area contributed by atoms with E-state index in [2.05, 4.69) is 38.5 Å². The molecule has 0 amide bonds. The van der Waals surface area contributed by atoms with Crippen molar-refractivity contribution in [3.8, 4) is 23.0 Å². The number of carbonyl (C=O) groups is 8. The zero-order valence-electron chi connectivity index (χ0n) is 43.7. The van der Waals surface area contributed by atoms with Crippen LogP contribution in [0.4, 0.5) is 26.3 Å². The lowest BCUT2D eigenvalue weighted by atomic mass is 10.1. The van der Waals surface area contributed by atoms with Crippen LogP contribution in [-0.4, -0.2) is 79.8 Å². The molecule has 22 heteroatoms. The second kappa shape index (κ2) is 39.7. The maximum absolute atomic E-state index is 12.3. The molecule has 0 aromatic heterocycles. The Bertz CT molecular complexity index is 3150. The summed E-state index contributed by atoms with van der Waals surface area (Å²) in [6, 6.07) is 41.4. The van der Waals surface area contributed by atoms with E-state index in [-0.39, 0.29) is 41.1 Å². The number of hydrogen-bond donors (Lipinski definition) is 3. The molecule has 0 fully saturated rings. The minimum Gasteiger partial charge on any atom is -0.508 e. The molecule has 8 aromatic rings. The first kappa shape index (κ1) is 72.4. The maximum Gasteiger partial charge on any atom is 0.416 e. The maximum atomic E-state index is 12.3. The molecular weight excluding hydrogens is 1300 g/mol. The number of aryl methyl sites for hydroxylation is 1. The van der Waals surface area contributed by atoms with Crippen molar-refractivity contribution < 1.29 is 89.5 Å². The lowest BCUT2D eigenvalue weighted by Crippen LogP contribution is -2.05. The molecule has 0 aliphatic rings. The summed E-state index contributed by atoms with van der Waals surface area (Å²) in [5.74, 6) is -3.13. The van der Waals surface area contributed by atoms with E-state index >= 15 is 0 Å². The standard InChI is InChI=1S/C9H7F3O.C9H10O3.C8H8O2.C7H5BrO.C7H5ClO.C7H3F3O.C7H5IO.C7H6O3/c1-6-2-7(5-13)4-8(3-6)9(10,11)12;1-12-9-3-7(5-10)2-8(4-9)6-11;1-10-8-4-2-7(6-9)3-5-8;2*8-7-3-1-6(5-9)2-4-7;8-5-1-4(3-11)2-6(9)7(5)10;8-7-3-1-6(5-9)2-4-7;8-4-5-1-6(9)3-7(10)2-5/h2-5H,1H3;2-5,11H,6H2,1H3;2-6H,1H3;2*1-5H;1-3H;1-5H;1-4,9-10H. The predicted molar refractivity (Wildman–Crippen MR) is 312 cm³/mol. The Labute approximate surface area is 499 Å². The average molecular weight is 1350 g/mol. The quantitative estimate of drug-likeness (QED) is 0.0476. The van der Waals surface area contributed by atoms with Gasteiger partial charge < -0.3 is 24.8 Å². The van der Waals surface area contributed by atoms with Gasteiger partial charge in [-0.05, 0) is 162 Å². The number of aliphatic hydroxyl groups excluding tert-OH is 1. The van der Waals surface area contributed by atoms with Crippen LogP contribution in [0.25, 0.3) is 0 Å². The first-order valence-electron chi connectivity index (χ1n) is 23.1. The highest BCUT2D eigenvalue weighted by Crippen LogP contribution is 2.30. The molecule has 0 radical (unpaired) electrons. The van der Waals surface area contributed by atoms with Crippen molar-refractivity contribution in [2.45, 2.75) is 19.7 Å². The molecule has 434 valence electrons. The van der Waals surface area contributed by atoms with Gasteiger partial charge in [-0.15, -0.1) is 0 Å². The van der Waals surface area contributed by atoms with Crippen molar-refractivity contribution in [2.24, 2.45) is 0 Å². The highest BCUT2D eigenvalue weighted by Gasteiger charge is 2.30. The highest BCUT2D eigenvalue weighted by atomic mass is 127. The number of benzene rings is 8. The molecule has 0 aliphatic heterocycles. The van der Waals surface area contributed by atoms with E-state index < -0.39 is 29.2 Å². The van der Waals surface area contributed by atoms with Crippen molar-refractivity contribution in [3.05, 3.63) is 256 Å². The SMILES string of the molecule is COc1cc(C=O)cc(CO)c1.COc1ccc(C=O)cc1.Cc1cc(C=O)cc(C(F)(F)F)c1.O=Cc1cc(F)c(F)c(F)c1.O=Cc1cc(O)cc(O)c1.O=Cc1ccc(Br)cc1.O=Cc1ccc(Cl)cc1.O=Cc1ccc(I)cc1. The normalized spacial score (nSPS) is 9.55. The molecule has 0 atom stereocenters. The molecule has 0 unspecified atom stereocenters. The summed E-state index contributed by atoms with van der Waals surface area (Å²) in [7, 11) is 3.11. The molecule has 0 aliphatic carbocycles. The largest absolute Gasteiger partial charge is 0.508 e. The number of ether oxygens (including phenoxy) is 2. The molecule has 0 heterocycles. The molecule has 0 saturated carbocycles. The van der Waals surface area contributed by atoms with Gasteiger partial charge in [0.05, 0.1) is 26.4 Å². The number of hydrogen-bond acceptors (Lipinski definition) is 13. The van der Waals surface area contributed by atoms with Gasteiger partial charge in [-0.3, -0.25) is 38.4 Å². The summed E-state index contributed by atoms with van der Waals surface area (Å²) >= 11 is 11.0. The Balaban J connectivity index is 0.000000476. The Morgan fingerprint density at radius 2 is 0.855 bits per heavy atom. The number of aldehydes is 8. The number of carbonyl (C=O) groups excluding carboxylic acids is 8. The monoisotopic (exact) mass is 1340 g/mol. The fourth-order valence-corrected chi connectivity index (χ4v) is 6.39. The van der Waals surface area contributed by atoms with Crippen LogP contribution in [0.15, 0.2) is 168 Å². The van der Waals surface area contributed by atoms with Crippen LogP contribution in [0, 0.1) is 27.9 Å². The van der Waals surface area contributed by atoms with E-state index in [9.17, 15) is 64.7 Å². The van der Waals surface area contributed by atoms with Gasteiger partial charge >= 0.3 is 6.18 Å². The Kier molecular flexibility index (Phi) is 34.6. The van der Waals surface area contributed by atoms with E-state index in [1.807, 2.05) is 24.3 Å². The van der Waals surface area contributed by atoms with Crippen LogP contribution in [0.5, 0.6) is 23.0 Å². The van der Waals surface area contributed by atoms with Gasteiger partial charge in [-0.25, -0.2) is 13.2 Å². The van der Waals surface area contributed by atoms with Gasteiger partial charge in [0.2, 0.25) is 0 Å². The topological polar surface area (TPSA) is 216 Å². The van der Waals surface area contributed by atoms with Crippen LogP contribution in [0.2, 0.25) is 5.02 Å². The molecular formula is C61H49BrClF6IO13. The summed E-state index contributed by atoms with van der Waals surface area (Å²) < 4.78 is 85.2. The average Bonchev–Trinajstić information content (AvgIpc) is 3.49. The predicted octanol–water partition coefficient (Wildman–Crippen LogP) is 14.7. The summed E-state index contributed by atoms with van der Waals surface area (Å²) in [5, 5.41) is 27.1. The number of alkyl halides is 3. The van der Waals surface area contributed by atoms with E-state index in [4.69, 9.17) is 36.4 Å². The summed E-state index contributed by atoms with van der Waals surface area (Å²) in [6.07, 6.45) is 0.803. The second-order valence-electron chi connectivity index (χ2n) is 15.9. The molecule has 8 rings (SSSR count). The van der Waals surface area contributed by atoms with Crippen molar-refractivity contribution in [2.75, 3.05) is 14.2 Å². The van der Waals surface area contributed by atoms with Crippen LogP contribution in [0.3, 0.4) is 0 Å². The Morgan fingerprint density at radius 1 is 0.482 bits per heavy atom. The van der Waals surface area contributed by atoms with Gasteiger partial charge in [0, 0.05) is 63.6 Å². The molecule has 3 N–H and O–H groups in total. The molecule has 0 spiro atoms. The first-order chi connectivity index (χ1) is 39.4. The highest BCUT2D eigenvalue weighted by molar-refractivity contribution is 14.1. The third-order valence-electron chi connectivity index (χ3n) is 9.58. The smallest absolute Gasteiger partial charge is 0.416 e. The summed E-state index contributed by atoms with van der Waals surface area (Å²) in [5.41, 5.74) is 3.68. The Hall–Kier alpha value is -8.64. The van der Waals surface area contributed by atoms with Crippen molar-refractivity contribution in [1.29, 1.82) is 0 Å². The van der Waals surface area contributed by atoms with Crippen molar-refractivity contribution in [3.63, 3.8) is 0 Å². The fraction of sp³-hybridized carbons (Fsp3) is 0.0820.